The molecule has 1 saturated heterocycles. The Morgan fingerprint density at radius 3 is 2.92 bits per heavy atom. The summed E-state index contributed by atoms with van der Waals surface area (Å²) in [6, 6.07) is 5.43. The lowest BCUT2D eigenvalue weighted by molar-refractivity contribution is 0.0121. The summed E-state index contributed by atoms with van der Waals surface area (Å²) in [6.07, 6.45) is 5.57. The van der Waals surface area contributed by atoms with Crippen LogP contribution in [-0.4, -0.2) is 48.0 Å². The molecule has 2 N–H and O–H groups in total. The predicted molar refractivity (Wildman–Crippen MR) is 98.4 cm³/mol. The molecule has 1 aliphatic heterocycles. The number of ether oxygens (including phenoxy) is 1. The van der Waals surface area contributed by atoms with E-state index in [1.165, 1.54) is 0 Å². The average molecular weight is 381 g/mol. The SMILES string of the molecule is CO[C@H]1C[C@@H]2CNC[C@@H]2C[C@@H]1NC(=O)c1ccc(Cn2cccn2)o1.Cl. The molecular formula is C18H25ClN4O3. The maximum atomic E-state index is 12.6. The number of carbonyl (C=O) groups excluding carboxylic acids is 1. The van der Waals surface area contributed by atoms with Gasteiger partial charge >= 0.3 is 0 Å². The molecule has 142 valence electrons. The topological polar surface area (TPSA) is 81.3 Å². The lowest BCUT2D eigenvalue weighted by Gasteiger charge is -2.37. The van der Waals surface area contributed by atoms with Gasteiger partial charge in [-0.3, -0.25) is 9.48 Å². The van der Waals surface area contributed by atoms with Crippen LogP contribution in [0.4, 0.5) is 0 Å². The quantitative estimate of drug-likeness (QED) is 0.825. The zero-order valence-corrected chi connectivity index (χ0v) is 15.6. The van der Waals surface area contributed by atoms with Crippen molar-refractivity contribution in [3.8, 4) is 0 Å². The summed E-state index contributed by atoms with van der Waals surface area (Å²) in [4.78, 5) is 12.6. The van der Waals surface area contributed by atoms with E-state index in [-0.39, 0.29) is 30.5 Å². The minimum Gasteiger partial charge on any atom is -0.454 e. The number of hydrogen-bond acceptors (Lipinski definition) is 5. The number of fused-ring (bicyclic) bond motifs is 1. The van der Waals surface area contributed by atoms with E-state index in [1.54, 1.807) is 24.1 Å². The van der Waals surface area contributed by atoms with Crippen LogP contribution in [0.5, 0.6) is 0 Å². The van der Waals surface area contributed by atoms with Gasteiger partial charge in [0.05, 0.1) is 18.7 Å². The van der Waals surface area contributed by atoms with Gasteiger partial charge in [-0.1, -0.05) is 0 Å². The van der Waals surface area contributed by atoms with Crippen molar-refractivity contribution < 1.29 is 13.9 Å². The number of methoxy groups -OCH3 is 1. The van der Waals surface area contributed by atoms with Crippen molar-refractivity contribution >= 4 is 18.3 Å². The summed E-state index contributed by atoms with van der Waals surface area (Å²) in [5.74, 6) is 2.14. The van der Waals surface area contributed by atoms with Crippen LogP contribution < -0.4 is 10.6 Å². The van der Waals surface area contributed by atoms with Crippen molar-refractivity contribution in [3.05, 3.63) is 42.1 Å². The number of furan rings is 1. The lowest BCUT2D eigenvalue weighted by Crippen LogP contribution is -2.50. The van der Waals surface area contributed by atoms with Crippen LogP contribution in [0.25, 0.3) is 0 Å². The largest absolute Gasteiger partial charge is 0.454 e. The highest BCUT2D eigenvalue weighted by Crippen LogP contribution is 2.34. The summed E-state index contributed by atoms with van der Waals surface area (Å²) in [6.45, 7) is 2.60. The standard InChI is InChI=1S/C18H24N4O3.ClH/c1-24-17-8-13-10-19-9-12(13)7-15(17)21-18(23)16-4-3-14(25-16)11-22-6-2-5-20-22;/h2-6,12-13,15,17,19H,7-11H2,1H3,(H,21,23);1H/t12-,13+,15-,17-;/m0./s1. The highest BCUT2D eigenvalue weighted by molar-refractivity contribution is 5.91. The Bertz CT molecular complexity index is 718. The van der Waals surface area contributed by atoms with E-state index >= 15 is 0 Å². The van der Waals surface area contributed by atoms with Gasteiger partial charge in [0.15, 0.2) is 5.76 Å². The fourth-order valence-corrected chi connectivity index (χ4v) is 4.07. The Morgan fingerprint density at radius 2 is 2.19 bits per heavy atom. The minimum absolute atomic E-state index is 0. The molecule has 0 radical (unpaired) electrons. The van der Waals surface area contributed by atoms with E-state index in [1.807, 2.05) is 18.3 Å². The minimum atomic E-state index is -0.178. The summed E-state index contributed by atoms with van der Waals surface area (Å²) in [5.41, 5.74) is 0. The molecule has 1 amide bonds. The summed E-state index contributed by atoms with van der Waals surface area (Å²) < 4.78 is 13.1. The maximum absolute atomic E-state index is 12.6. The number of nitrogens with zero attached hydrogens (tertiary/aromatic N) is 2. The molecule has 0 spiro atoms. The molecule has 26 heavy (non-hydrogen) atoms. The molecule has 7 nitrogen and oxygen atoms in total. The van der Waals surface area contributed by atoms with Crippen molar-refractivity contribution in [3.63, 3.8) is 0 Å². The van der Waals surface area contributed by atoms with Crippen LogP contribution in [0.2, 0.25) is 0 Å². The second kappa shape index (κ2) is 8.24. The molecule has 2 aliphatic rings. The van der Waals surface area contributed by atoms with E-state index < -0.39 is 0 Å². The van der Waals surface area contributed by atoms with Gasteiger partial charge in [0.25, 0.3) is 5.91 Å². The predicted octanol–water partition coefficient (Wildman–Crippen LogP) is 1.69. The molecule has 4 rings (SSSR count). The number of hydrogen-bond donors (Lipinski definition) is 2. The first-order valence-electron chi connectivity index (χ1n) is 8.83. The molecule has 0 bridgehead atoms. The molecule has 1 saturated carbocycles. The van der Waals surface area contributed by atoms with Crippen molar-refractivity contribution in [2.24, 2.45) is 11.8 Å². The summed E-state index contributed by atoms with van der Waals surface area (Å²) in [7, 11) is 1.72. The number of carbonyl (C=O) groups is 1. The second-order valence-electron chi connectivity index (χ2n) is 6.97. The Balaban J connectivity index is 0.00000196. The number of amides is 1. The van der Waals surface area contributed by atoms with Crippen LogP contribution in [-0.2, 0) is 11.3 Å². The van der Waals surface area contributed by atoms with Crippen LogP contribution in [0.1, 0.15) is 29.2 Å². The maximum Gasteiger partial charge on any atom is 0.287 e. The third kappa shape index (κ3) is 3.95. The van der Waals surface area contributed by atoms with E-state index in [0.717, 1.165) is 25.9 Å². The van der Waals surface area contributed by atoms with Gasteiger partial charge in [-0.05, 0) is 56.0 Å². The van der Waals surface area contributed by atoms with Crippen molar-refractivity contribution in [1.29, 1.82) is 0 Å². The number of nitrogens with one attached hydrogen (secondary N) is 2. The van der Waals surface area contributed by atoms with E-state index in [9.17, 15) is 4.79 Å². The monoisotopic (exact) mass is 380 g/mol. The molecule has 2 aromatic heterocycles. The molecule has 0 aromatic carbocycles. The molecule has 2 aromatic rings. The Morgan fingerprint density at radius 1 is 1.38 bits per heavy atom. The Kier molecular flexibility index (Phi) is 6.01. The Labute approximate surface area is 158 Å². The summed E-state index contributed by atoms with van der Waals surface area (Å²) >= 11 is 0. The zero-order chi connectivity index (χ0) is 17.2. The third-order valence-electron chi connectivity index (χ3n) is 5.40. The van der Waals surface area contributed by atoms with Crippen LogP contribution in [0.3, 0.4) is 0 Å². The number of halogens is 1. The second-order valence-corrected chi connectivity index (χ2v) is 6.97. The molecule has 2 fully saturated rings. The highest BCUT2D eigenvalue weighted by atomic mass is 35.5. The molecule has 0 unspecified atom stereocenters. The average Bonchev–Trinajstić information content (AvgIpc) is 3.35. The van der Waals surface area contributed by atoms with Gasteiger partial charge in [0, 0.05) is 19.5 Å². The van der Waals surface area contributed by atoms with Gasteiger partial charge in [0.1, 0.15) is 5.76 Å². The van der Waals surface area contributed by atoms with Crippen molar-refractivity contribution in [1.82, 2.24) is 20.4 Å². The summed E-state index contributed by atoms with van der Waals surface area (Å²) in [5, 5.41) is 10.7. The normalized spacial score (nSPS) is 27.6. The van der Waals surface area contributed by atoms with E-state index in [4.69, 9.17) is 9.15 Å². The Hall–Kier alpha value is -1.83. The van der Waals surface area contributed by atoms with Gasteiger partial charge in [-0.25, -0.2) is 0 Å². The van der Waals surface area contributed by atoms with Gasteiger partial charge < -0.3 is 19.8 Å². The van der Waals surface area contributed by atoms with Crippen LogP contribution in [0, 0.1) is 11.8 Å². The first kappa shape index (κ1) is 18.9. The van der Waals surface area contributed by atoms with Crippen LogP contribution >= 0.6 is 12.4 Å². The third-order valence-corrected chi connectivity index (χ3v) is 5.40. The molecular weight excluding hydrogens is 356 g/mol. The molecule has 3 heterocycles. The highest BCUT2D eigenvalue weighted by Gasteiger charge is 2.40. The first-order chi connectivity index (χ1) is 12.2. The van der Waals surface area contributed by atoms with Crippen molar-refractivity contribution in [2.45, 2.75) is 31.5 Å². The van der Waals surface area contributed by atoms with E-state index in [2.05, 4.69) is 15.7 Å². The number of aromatic nitrogens is 2. The first-order valence-corrected chi connectivity index (χ1v) is 8.83. The van der Waals surface area contributed by atoms with Gasteiger partial charge in [0.2, 0.25) is 0 Å². The number of rotatable bonds is 5. The lowest BCUT2D eigenvalue weighted by atomic mass is 9.77. The zero-order valence-electron chi connectivity index (χ0n) is 14.8. The van der Waals surface area contributed by atoms with Crippen molar-refractivity contribution in [2.75, 3.05) is 20.2 Å². The fourth-order valence-electron chi connectivity index (χ4n) is 4.07. The molecule has 1 aliphatic carbocycles. The van der Waals surface area contributed by atoms with Crippen LogP contribution in [0.15, 0.2) is 35.0 Å². The smallest absolute Gasteiger partial charge is 0.287 e. The van der Waals surface area contributed by atoms with E-state index in [0.29, 0.717) is 29.9 Å². The molecule has 8 heteroatoms. The van der Waals surface area contributed by atoms with Gasteiger partial charge in [-0.2, -0.15) is 5.10 Å². The fraction of sp³-hybridized carbons (Fsp3) is 0.556. The molecule has 4 atom stereocenters. The van der Waals surface area contributed by atoms with Gasteiger partial charge in [-0.15, -0.1) is 12.4 Å².